The van der Waals surface area contributed by atoms with Gasteiger partial charge in [0.1, 0.15) is 0 Å². The van der Waals surface area contributed by atoms with Crippen molar-refractivity contribution in [1.82, 2.24) is 5.32 Å². The van der Waals surface area contributed by atoms with Gasteiger partial charge < -0.3 is 5.32 Å². The Morgan fingerprint density at radius 1 is 1.39 bits per heavy atom. The van der Waals surface area contributed by atoms with Crippen LogP contribution in [-0.2, 0) is 0 Å². The molecule has 1 atom stereocenters. The van der Waals surface area contributed by atoms with E-state index in [1.54, 1.807) is 0 Å². The van der Waals surface area contributed by atoms with E-state index in [2.05, 4.69) is 34.2 Å². The highest BCUT2D eigenvalue weighted by Gasteiger charge is 2.22. The van der Waals surface area contributed by atoms with Crippen LogP contribution in [0.4, 0.5) is 0 Å². The molecule has 1 aliphatic rings. The monoisotopic (exact) mass is 329 g/mol. The van der Waals surface area contributed by atoms with Crippen LogP contribution in [0.5, 0.6) is 0 Å². The predicted molar refractivity (Wildman–Crippen MR) is 82.1 cm³/mol. The van der Waals surface area contributed by atoms with Crippen molar-refractivity contribution in [1.29, 1.82) is 0 Å². The molecular weight excluding hydrogens is 310 g/mol. The maximum absolute atomic E-state index is 6.35. The molecule has 0 aromatic heterocycles. The Morgan fingerprint density at radius 3 is 2.78 bits per heavy atom. The molecule has 1 unspecified atom stereocenters. The quantitative estimate of drug-likeness (QED) is 0.769. The summed E-state index contributed by atoms with van der Waals surface area (Å²) in [6.07, 6.45) is 6.77. The first-order valence-electron chi connectivity index (χ1n) is 6.89. The summed E-state index contributed by atoms with van der Waals surface area (Å²) in [6.45, 7) is 3.15. The minimum atomic E-state index is 0.392. The van der Waals surface area contributed by atoms with Gasteiger partial charge in [-0.15, -0.1) is 0 Å². The fourth-order valence-corrected chi connectivity index (χ4v) is 3.56. The van der Waals surface area contributed by atoms with Gasteiger partial charge >= 0.3 is 0 Å². The first kappa shape index (κ1) is 14.4. The molecule has 0 saturated heterocycles. The first-order valence-corrected chi connectivity index (χ1v) is 8.06. The lowest BCUT2D eigenvalue weighted by molar-refractivity contribution is 0.401. The topological polar surface area (TPSA) is 12.0 Å². The molecule has 1 aromatic carbocycles. The predicted octanol–water partition coefficient (Wildman–Crippen LogP) is 5.33. The number of rotatable bonds is 5. The van der Waals surface area contributed by atoms with Gasteiger partial charge in [-0.2, -0.15) is 0 Å². The molecular formula is C15H21BrClN. The van der Waals surface area contributed by atoms with Gasteiger partial charge in [-0.05, 0) is 42.6 Å². The molecule has 1 nitrogen and oxygen atoms in total. The van der Waals surface area contributed by atoms with E-state index in [0.717, 1.165) is 22.0 Å². The van der Waals surface area contributed by atoms with E-state index >= 15 is 0 Å². The van der Waals surface area contributed by atoms with Crippen molar-refractivity contribution >= 4 is 27.5 Å². The van der Waals surface area contributed by atoms with Gasteiger partial charge in [0.05, 0.1) is 0 Å². The van der Waals surface area contributed by atoms with Crippen LogP contribution in [0.3, 0.4) is 0 Å². The van der Waals surface area contributed by atoms with Crippen molar-refractivity contribution in [2.75, 3.05) is 6.54 Å². The fraction of sp³-hybridized carbons (Fsp3) is 0.600. The molecule has 0 bridgehead atoms. The zero-order chi connectivity index (χ0) is 13.0. The van der Waals surface area contributed by atoms with Crippen molar-refractivity contribution < 1.29 is 0 Å². The smallest absolute Gasteiger partial charge is 0.0454 e. The number of nitrogens with one attached hydrogen (secondary N) is 1. The van der Waals surface area contributed by atoms with Gasteiger partial charge in [0, 0.05) is 15.5 Å². The van der Waals surface area contributed by atoms with E-state index in [-0.39, 0.29) is 0 Å². The SMILES string of the molecule is CCNC(CC1CCCC1)c1cc(Br)ccc1Cl. The van der Waals surface area contributed by atoms with Crippen molar-refractivity contribution in [2.45, 2.75) is 45.1 Å². The summed E-state index contributed by atoms with van der Waals surface area (Å²) in [5.74, 6) is 0.865. The molecule has 1 saturated carbocycles. The molecule has 18 heavy (non-hydrogen) atoms. The van der Waals surface area contributed by atoms with E-state index in [9.17, 15) is 0 Å². The molecule has 1 aliphatic carbocycles. The second-order valence-corrected chi connectivity index (χ2v) is 6.49. The van der Waals surface area contributed by atoms with Gasteiger partial charge in [-0.3, -0.25) is 0 Å². The van der Waals surface area contributed by atoms with Crippen molar-refractivity contribution in [3.8, 4) is 0 Å². The van der Waals surface area contributed by atoms with Crippen LogP contribution in [0.2, 0.25) is 5.02 Å². The maximum Gasteiger partial charge on any atom is 0.0454 e. The summed E-state index contributed by atoms with van der Waals surface area (Å²) in [6, 6.07) is 6.54. The number of halogens is 2. The highest BCUT2D eigenvalue weighted by molar-refractivity contribution is 9.10. The Kier molecular flexibility index (Phi) is 5.53. The van der Waals surface area contributed by atoms with E-state index in [4.69, 9.17) is 11.6 Å². The summed E-state index contributed by atoms with van der Waals surface area (Å²) in [4.78, 5) is 0. The number of hydrogen-bond donors (Lipinski definition) is 1. The summed E-state index contributed by atoms with van der Waals surface area (Å²) in [5, 5.41) is 4.47. The molecule has 1 fully saturated rings. The normalized spacial score (nSPS) is 18.2. The van der Waals surface area contributed by atoms with Crippen LogP contribution >= 0.6 is 27.5 Å². The highest BCUT2D eigenvalue weighted by atomic mass is 79.9. The Morgan fingerprint density at radius 2 is 2.11 bits per heavy atom. The Hall–Kier alpha value is -0.0500. The maximum atomic E-state index is 6.35. The molecule has 0 aliphatic heterocycles. The average Bonchev–Trinajstić information content (AvgIpc) is 2.85. The van der Waals surface area contributed by atoms with Crippen molar-refractivity contribution in [3.63, 3.8) is 0 Å². The minimum Gasteiger partial charge on any atom is -0.310 e. The van der Waals surface area contributed by atoms with Crippen LogP contribution in [0, 0.1) is 5.92 Å². The van der Waals surface area contributed by atoms with Gasteiger partial charge in [0.15, 0.2) is 0 Å². The second kappa shape index (κ2) is 6.93. The summed E-state index contributed by atoms with van der Waals surface area (Å²) in [7, 11) is 0. The largest absolute Gasteiger partial charge is 0.310 e. The molecule has 0 amide bonds. The van der Waals surface area contributed by atoms with Gasteiger partial charge in [-0.1, -0.05) is 60.1 Å². The zero-order valence-corrected chi connectivity index (χ0v) is 13.2. The summed E-state index contributed by atoms with van der Waals surface area (Å²) < 4.78 is 1.11. The number of hydrogen-bond acceptors (Lipinski definition) is 1. The molecule has 0 spiro atoms. The van der Waals surface area contributed by atoms with Gasteiger partial charge in [0.2, 0.25) is 0 Å². The standard InChI is InChI=1S/C15H21BrClN/c1-2-18-15(9-11-5-3-4-6-11)13-10-12(16)7-8-14(13)17/h7-8,10-11,15,18H,2-6,9H2,1H3. The third-order valence-electron chi connectivity index (χ3n) is 3.83. The van der Waals surface area contributed by atoms with Crippen LogP contribution < -0.4 is 5.32 Å². The van der Waals surface area contributed by atoms with E-state index in [0.29, 0.717) is 6.04 Å². The van der Waals surface area contributed by atoms with Crippen molar-refractivity contribution in [3.05, 3.63) is 33.3 Å². The van der Waals surface area contributed by atoms with E-state index in [1.165, 1.54) is 37.7 Å². The molecule has 1 aromatic rings. The third-order valence-corrected chi connectivity index (χ3v) is 4.67. The molecule has 0 heterocycles. The van der Waals surface area contributed by atoms with E-state index in [1.807, 2.05) is 12.1 Å². The second-order valence-electron chi connectivity index (χ2n) is 5.16. The van der Waals surface area contributed by atoms with Gasteiger partial charge in [-0.25, -0.2) is 0 Å². The summed E-state index contributed by atoms with van der Waals surface area (Å²) in [5.41, 5.74) is 1.24. The molecule has 0 radical (unpaired) electrons. The molecule has 2 rings (SSSR count). The lowest BCUT2D eigenvalue weighted by atomic mass is 9.93. The molecule has 100 valence electrons. The van der Waals surface area contributed by atoms with Crippen LogP contribution in [-0.4, -0.2) is 6.54 Å². The summed E-state index contributed by atoms with van der Waals surface area (Å²) >= 11 is 9.89. The molecule has 1 N–H and O–H groups in total. The average molecular weight is 331 g/mol. The first-order chi connectivity index (χ1) is 8.70. The van der Waals surface area contributed by atoms with Gasteiger partial charge in [0.25, 0.3) is 0 Å². The zero-order valence-electron chi connectivity index (χ0n) is 10.9. The van der Waals surface area contributed by atoms with Crippen LogP contribution in [0.25, 0.3) is 0 Å². The Balaban J connectivity index is 2.14. The fourth-order valence-electron chi connectivity index (χ4n) is 2.93. The molecule has 3 heteroatoms. The minimum absolute atomic E-state index is 0.392. The Bertz CT molecular complexity index is 388. The third kappa shape index (κ3) is 3.72. The highest BCUT2D eigenvalue weighted by Crippen LogP contribution is 2.35. The lowest BCUT2D eigenvalue weighted by Crippen LogP contribution is -2.23. The van der Waals surface area contributed by atoms with E-state index < -0.39 is 0 Å². The van der Waals surface area contributed by atoms with Crippen LogP contribution in [0.1, 0.15) is 50.6 Å². The van der Waals surface area contributed by atoms with Crippen molar-refractivity contribution in [2.24, 2.45) is 5.92 Å². The van der Waals surface area contributed by atoms with Crippen LogP contribution in [0.15, 0.2) is 22.7 Å². The number of benzene rings is 1. The lowest BCUT2D eigenvalue weighted by Gasteiger charge is -2.23. The Labute approximate surface area is 123 Å².